The van der Waals surface area contributed by atoms with Gasteiger partial charge in [-0.2, -0.15) is 5.10 Å². The minimum absolute atomic E-state index is 0.0668. The number of halogens is 2. The molecule has 0 aliphatic heterocycles. The zero-order chi connectivity index (χ0) is 25.2. The molecule has 0 atom stereocenters. The summed E-state index contributed by atoms with van der Waals surface area (Å²) in [5.41, 5.74) is 2.96. The normalized spacial score (nSPS) is 10.6. The van der Waals surface area contributed by atoms with E-state index in [9.17, 15) is 18.8 Å². The highest BCUT2D eigenvalue weighted by Crippen LogP contribution is 2.27. The van der Waals surface area contributed by atoms with E-state index in [1.54, 1.807) is 30.3 Å². The number of carbonyl (C=O) groups is 3. The fraction of sp³-hybridized carbons (Fsp3) is 0.130. The molecule has 3 N–H and O–H groups in total. The Balaban J connectivity index is 1.50. The van der Waals surface area contributed by atoms with E-state index in [1.807, 2.05) is 0 Å². The van der Waals surface area contributed by atoms with E-state index in [0.29, 0.717) is 22.8 Å². The molecule has 0 bridgehead atoms. The highest BCUT2D eigenvalue weighted by molar-refractivity contribution is 6.35. The number of furan rings is 1. The maximum atomic E-state index is 13.2. The van der Waals surface area contributed by atoms with E-state index >= 15 is 0 Å². The van der Waals surface area contributed by atoms with Crippen LogP contribution in [0.15, 0.2) is 64.3 Å². The summed E-state index contributed by atoms with van der Waals surface area (Å²) in [6.45, 7) is -0.279. The molecule has 3 aromatic rings. The fourth-order valence-corrected chi connectivity index (χ4v) is 2.86. The van der Waals surface area contributed by atoms with Gasteiger partial charge in [-0.15, -0.1) is 0 Å². The number of hydrazone groups is 1. The Morgan fingerprint density at radius 1 is 1.11 bits per heavy atom. The van der Waals surface area contributed by atoms with Crippen LogP contribution in [0.25, 0.3) is 0 Å². The number of nitrogens with one attached hydrogen (secondary N) is 3. The fourth-order valence-electron chi connectivity index (χ4n) is 2.68. The zero-order valence-corrected chi connectivity index (χ0v) is 19.1. The molecule has 3 amide bonds. The quantitative estimate of drug-likeness (QED) is 0.234. The molecule has 12 heteroatoms. The molecule has 1 aromatic heterocycles. The van der Waals surface area contributed by atoms with Crippen LogP contribution < -0.4 is 25.5 Å². The van der Waals surface area contributed by atoms with Gasteiger partial charge in [0.25, 0.3) is 5.91 Å². The molecule has 35 heavy (non-hydrogen) atoms. The van der Waals surface area contributed by atoms with Crippen molar-refractivity contribution >= 4 is 41.2 Å². The van der Waals surface area contributed by atoms with E-state index in [0.717, 1.165) is 6.07 Å². The van der Waals surface area contributed by atoms with Crippen LogP contribution in [0.4, 0.5) is 10.1 Å². The lowest BCUT2D eigenvalue weighted by Gasteiger charge is -2.11. The molecule has 0 radical (unpaired) electrons. The van der Waals surface area contributed by atoms with Crippen molar-refractivity contribution < 1.29 is 32.7 Å². The summed E-state index contributed by atoms with van der Waals surface area (Å²) in [5, 5.41) is 8.55. The Morgan fingerprint density at radius 3 is 2.66 bits per heavy atom. The van der Waals surface area contributed by atoms with Crippen molar-refractivity contribution in [3.05, 3.63) is 77.0 Å². The van der Waals surface area contributed by atoms with E-state index in [-0.39, 0.29) is 23.9 Å². The van der Waals surface area contributed by atoms with Gasteiger partial charge in [-0.25, -0.2) is 9.82 Å². The van der Waals surface area contributed by atoms with Gasteiger partial charge >= 0.3 is 11.8 Å². The molecule has 0 saturated carbocycles. The van der Waals surface area contributed by atoms with Gasteiger partial charge in [-0.1, -0.05) is 11.6 Å². The highest BCUT2D eigenvalue weighted by Gasteiger charge is 2.13. The monoisotopic (exact) mass is 502 g/mol. The Labute approximate surface area is 204 Å². The third-order valence-corrected chi connectivity index (χ3v) is 4.63. The smallest absolute Gasteiger partial charge is 0.329 e. The Kier molecular flexibility index (Phi) is 8.79. The van der Waals surface area contributed by atoms with E-state index in [4.69, 9.17) is 25.5 Å². The number of hydrogen-bond acceptors (Lipinski definition) is 7. The van der Waals surface area contributed by atoms with Gasteiger partial charge < -0.3 is 24.5 Å². The van der Waals surface area contributed by atoms with Crippen molar-refractivity contribution in [2.24, 2.45) is 5.10 Å². The van der Waals surface area contributed by atoms with E-state index < -0.39 is 23.5 Å². The minimum atomic E-state index is -0.951. The summed E-state index contributed by atoms with van der Waals surface area (Å²) in [6.07, 6.45) is 2.75. The van der Waals surface area contributed by atoms with Gasteiger partial charge in [-0.05, 0) is 54.1 Å². The van der Waals surface area contributed by atoms with Gasteiger partial charge in [0.2, 0.25) is 0 Å². The molecule has 0 spiro atoms. The summed E-state index contributed by atoms with van der Waals surface area (Å²) in [5.74, 6) is -1.83. The van der Waals surface area contributed by atoms with Crippen LogP contribution >= 0.6 is 11.6 Å². The van der Waals surface area contributed by atoms with E-state index in [2.05, 4.69) is 21.2 Å². The molecular formula is C23H20ClFN4O6. The number of amides is 3. The number of ether oxygens (including phenoxy) is 2. The number of anilines is 1. The van der Waals surface area contributed by atoms with Crippen LogP contribution in [0.5, 0.6) is 11.5 Å². The van der Waals surface area contributed by atoms with Crippen molar-refractivity contribution in [2.45, 2.75) is 6.54 Å². The first-order valence-electron chi connectivity index (χ1n) is 10.0. The van der Waals surface area contributed by atoms with Gasteiger partial charge in [0.1, 0.15) is 11.6 Å². The number of methoxy groups -OCH3 is 1. The summed E-state index contributed by atoms with van der Waals surface area (Å²) >= 11 is 5.70. The molecule has 0 unspecified atom stereocenters. The maximum Gasteiger partial charge on any atom is 0.329 e. The van der Waals surface area contributed by atoms with Gasteiger partial charge in [0, 0.05) is 5.69 Å². The zero-order valence-electron chi connectivity index (χ0n) is 18.3. The van der Waals surface area contributed by atoms with Crippen LogP contribution in [-0.2, 0) is 20.9 Å². The van der Waals surface area contributed by atoms with Crippen LogP contribution in [0.2, 0.25) is 5.02 Å². The summed E-state index contributed by atoms with van der Waals surface area (Å²) in [7, 11) is 1.41. The van der Waals surface area contributed by atoms with Crippen molar-refractivity contribution in [3.8, 4) is 11.5 Å². The highest BCUT2D eigenvalue weighted by atomic mass is 35.5. The molecule has 182 valence electrons. The number of benzene rings is 2. The predicted molar refractivity (Wildman–Crippen MR) is 125 cm³/mol. The topological polar surface area (TPSA) is 131 Å². The minimum Gasteiger partial charge on any atom is -0.493 e. The first-order chi connectivity index (χ1) is 16.9. The van der Waals surface area contributed by atoms with Gasteiger partial charge in [0.05, 0.1) is 31.2 Å². The summed E-state index contributed by atoms with van der Waals surface area (Å²) in [6, 6.07) is 11.8. The maximum absolute atomic E-state index is 13.2. The number of nitrogens with zero attached hydrogens (tertiary/aromatic N) is 1. The van der Waals surface area contributed by atoms with Crippen LogP contribution in [0.1, 0.15) is 11.3 Å². The van der Waals surface area contributed by atoms with Crippen LogP contribution in [0.3, 0.4) is 0 Å². The molecule has 1 heterocycles. The lowest BCUT2D eigenvalue weighted by molar-refractivity contribution is -0.139. The van der Waals surface area contributed by atoms with Gasteiger partial charge in [-0.3, -0.25) is 14.4 Å². The summed E-state index contributed by atoms with van der Waals surface area (Å²) < 4.78 is 29.0. The molecular weight excluding hydrogens is 483 g/mol. The predicted octanol–water partition coefficient (Wildman–Crippen LogP) is 2.86. The lowest BCUT2D eigenvalue weighted by atomic mass is 10.2. The first-order valence-corrected chi connectivity index (χ1v) is 10.4. The van der Waals surface area contributed by atoms with Crippen molar-refractivity contribution in [1.82, 2.24) is 10.7 Å². The average molecular weight is 503 g/mol. The SMILES string of the molecule is COc1cc(/C=N\NC(=O)C(=O)NCc2ccco2)ccc1OCC(=O)Nc1ccc(F)c(Cl)c1. The Morgan fingerprint density at radius 2 is 1.94 bits per heavy atom. The number of carbonyl (C=O) groups excluding carboxylic acids is 3. The van der Waals surface area contributed by atoms with Crippen molar-refractivity contribution in [1.29, 1.82) is 0 Å². The average Bonchev–Trinajstić information content (AvgIpc) is 3.37. The van der Waals surface area contributed by atoms with Crippen molar-refractivity contribution in [2.75, 3.05) is 19.0 Å². The largest absolute Gasteiger partial charge is 0.493 e. The lowest BCUT2D eigenvalue weighted by Crippen LogP contribution is -2.37. The Hall–Kier alpha value is -4.38. The first kappa shape index (κ1) is 25.2. The second kappa shape index (κ2) is 12.2. The standard InChI is InChI=1S/C23H20ClFN4O6/c1-33-20-9-14(11-27-29-23(32)22(31)26-12-16-3-2-8-34-16)4-7-19(20)35-13-21(30)28-15-5-6-18(25)17(24)10-15/h2-11H,12-13H2,1H3,(H,26,31)(H,28,30)(H,29,32)/b27-11-. The number of hydrogen-bond donors (Lipinski definition) is 3. The molecule has 2 aromatic carbocycles. The molecule has 10 nitrogen and oxygen atoms in total. The second-order valence-corrected chi connectivity index (χ2v) is 7.24. The number of rotatable bonds is 9. The molecule has 0 aliphatic rings. The molecule has 3 rings (SSSR count). The molecule has 0 aliphatic carbocycles. The summed E-state index contributed by atoms with van der Waals surface area (Å²) in [4.78, 5) is 35.7. The van der Waals surface area contributed by atoms with Crippen molar-refractivity contribution in [3.63, 3.8) is 0 Å². The molecule has 0 saturated heterocycles. The molecule has 0 fully saturated rings. The third kappa shape index (κ3) is 7.57. The second-order valence-electron chi connectivity index (χ2n) is 6.84. The Bertz CT molecular complexity index is 1230. The van der Waals surface area contributed by atoms with Crippen LogP contribution in [-0.4, -0.2) is 37.7 Å². The van der Waals surface area contributed by atoms with E-state index in [1.165, 1.54) is 31.7 Å². The van der Waals surface area contributed by atoms with Gasteiger partial charge in [0.15, 0.2) is 18.1 Å². The van der Waals surface area contributed by atoms with Crippen LogP contribution in [0, 0.1) is 5.82 Å². The third-order valence-electron chi connectivity index (χ3n) is 4.34.